The van der Waals surface area contributed by atoms with Crippen molar-refractivity contribution < 1.29 is 4.74 Å². The summed E-state index contributed by atoms with van der Waals surface area (Å²) in [5.74, 6) is 0. The lowest BCUT2D eigenvalue weighted by molar-refractivity contribution is 0.110. The Morgan fingerprint density at radius 3 is 2.88 bits per heavy atom. The normalized spacial score (nSPS) is 21.6. The molecule has 0 unspecified atom stereocenters. The fraction of sp³-hybridized carbons (Fsp3) is 0.571. The van der Waals surface area contributed by atoms with Crippen LogP contribution < -0.4 is 5.73 Å². The third-order valence-corrected chi connectivity index (χ3v) is 4.07. The van der Waals surface area contributed by atoms with Crippen LogP contribution in [0.25, 0.3) is 0 Å². The molecule has 2 aliphatic rings. The Morgan fingerprint density at radius 1 is 1.25 bits per heavy atom. The van der Waals surface area contributed by atoms with Crippen LogP contribution in [0.5, 0.6) is 0 Å². The van der Waals surface area contributed by atoms with E-state index in [2.05, 4.69) is 18.2 Å². The molecule has 0 saturated heterocycles. The van der Waals surface area contributed by atoms with E-state index in [4.69, 9.17) is 10.5 Å². The van der Waals surface area contributed by atoms with Crippen LogP contribution >= 0.6 is 0 Å². The highest BCUT2D eigenvalue weighted by atomic mass is 16.5. The van der Waals surface area contributed by atoms with Crippen molar-refractivity contribution >= 4 is 0 Å². The Hall–Kier alpha value is -0.860. The van der Waals surface area contributed by atoms with Crippen molar-refractivity contribution in [2.24, 2.45) is 5.73 Å². The first-order valence-electron chi connectivity index (χ1n) is 6.24. The summed E-state index contributed by atoms with van der Waals surface area (Å²) in [5.41, 5.74) is 10.5. The van der Waals surface area contributed by atoms with Crippen LogP contribution in [0.3, 0.4) is 0 Å². The Balaban J connectivity index is 1.91. The Bertz CT molecular complexity index is 396. The van der Waals surface area contributed by atoms with Crippen molar-refractivity contribution in [3.8, 4) is 0 Å². The maximum atomic E-state index is 5.71. The summed E-state index contributed by atoms with van der Waals surface area (Å²) in [7, 11) is 0. The van der Waals surface area contributed by atoms with E-state index < -0.39 is 0 Å². The SMILES string of the molecule is NCCC1(c2ccc3c(c2)CCOC3)CC1. The Labute approximate surface area is 96.8 Å². The molecule has 0 atom stereocenters. The van der Waals surface area contributed by atoms with Gasteiger partial charge in [-0.25, -0.2) is 0 Å². The lowest BCUT2D eigenvalue weighted by Crippen LogP contribution is -2.16. The summed E-state index contributed by atoms with van der Waals surface area (Å²) in [6, 6.07) is 6.94. The van der Waals surface area contributed by atoms with Gasteiger partial charge in [0.2, 0.25) is 0 Å². The fourth-order valence-electron chi connectivity index (χ4n) is 2.80. The van der Waals surface area contributed by atoms with Crippen LogP contribution in [0, 0.1) is 0 Å². The average Bonchev–Trinajstić information content (AvgIpc) is 3.10. The van der Waals surface area contributed by atoms with Crippen molar-refractivity contribution in [2.75, 3.05) is 13.2 Å². The monoisotopic (exact) mass is 217 g/mol. The topological polar surface area (TPSA) is 35.2 Å². The maximum absolute atomic E-state index is 5.71. The Morgan fingerprint density at radius 2 is 2.12 bits per heavy atom. The first kappa shape index (κ1) is 10.3. The number of ether oxygens (including phenoxy) is 1. The van der Waals surface area contributed by atoms with Gasteiger partial charge in [0.15, 0.2) is 0 Å². The van der Waals surface area contributed by atoms with E-state index >= 15 is 0 Å². The van der Waals surface area contributed by atoms with E-state index in [1.807, 2.05) is 0 Å². The zero-order valence-electron chi connectivity index (χ0n) is 9.67. The highest BCUT2D eigenvalue weighted by Gasteiger charge is 2.43. The van der Waals surface area contributed by atoms with E-state index in [9.17, 15) is 0 Å². The molecule has 1 aromatic carbocycles. The molecule has 1 heterocycles. The molecule has 86 valence electrons. The number of fused-ring (bicyclic) bond motifs is 1. The molecule has 1 aliphatic carbocycles. The molecule has 0 spiro atoms. The minimum absolute atomic E-state index is 0.433. The van der Waals surface area contributed by atoms with Gasteiger partial charge < -0.3 is 10.5 Å². The molecule has 16 heavy (non-hydrogen) atoms. The molecule has 0 bridgehead atoms. The van der Waals surface area contributed by atoms with Gasteiger partial charge in [0.1, 0.15) is 0 Å². The van der Waals surface area contributed by atoms with Gasteiger partial charge in [-0.1, -0.05) is 18.2 Å². The molecule has 0 radical (unpaired) electrons. The largest absolute Gasteiger partial charge is 0.376 e. The smallest absolute Gasteiger partial charge is 0.0719 e. The van der Waals surface area contributed by atoms with Gasteiger partial charge in [0, 0.05) is 0 Å². The molecule has 1 saturated carbocycles. The Kier molecular flexibility index (Phi) is 2.49. The van der Waals surface area contributed by atoms with Gasteiger partial charge in [-0.3, -0.25) is 0 Å². The molecule has 1 aromatic rings. The first-order chi connectivity index (χ1) is 7.84. The molecule has 2 N–H and O–H groups in total. The number of hydrogen-bond acceptors (Lipinski definition) is 2. The van der Waals surface area contributed by atoms with E-state index in [1.54, 1.807) is 0 Å². The minimum Gasteiger partial charge on any atom is -0.376 e. The summed E-state index contributed by atoms with van der Waals surface area (Å²) >= 11 is 0. The van der Waals surface area contributed by atoms with Gasteiger partial charge in [-0.15, -0.1) is 0 Å². The van der Waals surface area contributed by atoms with Crippen LogP contribution in [0.15, 0.2) is 18.2 Å². The van der Waals surface area contributed by atoms with Crippen molar-refractivity contribution in [3.63, 3.8) is 0 Å². The highest BCUT2D eigenvalue weighted by Crippen LogP contribution is 2.51. The second-order valence-corrected chi connectivity index (χ2v) is 5.11. The second-order valence-electron chi connectivity index (χ2n) is 5.11. The molecule has 2 nitrogen and oxygen atoms in total. The van der Waals surface area contributed by atoms with Crippen molar-refractivity contribution in [2.45, 2.75) is 37.7 Å². The summed E-state index contributed by atoms with van der Waals surface area (Å²) in [5, 5.41) is 0. The van der Waals surface area contributed by atoms with Crippen LogP contribution in [0.1, 0.15) is 36.0 Å². The van der Waals surface area contributed by atoms with Gasteiger partial charge in [-0.2, -0.15) is 0 Å². The van der Waals surface area contributed by atoms with Gasteiger partial charge in [0.25, 0.3) is 0 Å². The average molecular weight is 217 g/mol. The quantitative estimate of drug-likeness (QED) is 0.842. The molecule has 3 rings (SSSR count). The third kappa shape index (κ3) is 1.66. The summed E-state index contributed by atoms with van der Waals surface area (Å²) in [6.45, 7) is 2.47. The predicted octanol–water partition coefficient (Wildman–Crippen LogP) is 2.14. The molecule has 0 amide bonds. The highest BCUT2D eigenvalue weighted by molar-refractivity contribution is 5.39. The van der Waals surface area contributed by atoms with Crippen molar-refractivity contribution in [3.05, 3.63) is 34.9 Å². The number of benzene rings is 1. The van der Waals surface area contributed by atoms with Crippen LogP contribution in [-0.4, -0.2) is 13.2 Å². The first-order valence-corrected chi connectivity index (χ1v) is 6.24. The molecule has 0 aromatic heterocycles. The van der Waals surface area contributed by atoms with Gasteiger partial charge >= 0.3 is 0 Å². The molecule has 1 aliphatic heterocycles. The van der Waals surface area contributed by atoms with Crippen LogP contribution in [0.4, 0.5) is 0 Å². The van der Waals surface area contributed by atoms with Crippen LogP contribution in [0.2, 0.25) is 0 Å². The van der Waals surface area contributed by atoms with Gasteiger partial charge in [0.05, 0.1) is 13.2 Å². The van der Waals surface area contributed by atoms with E-state index in [0.717, 1.165) is 32.6 Å². The maximum Gasteiger partial charge on any atom is 0.0719 e. The third-order valence-electron chi connectivity index (χ3n) is 4.07. The fourth-order valence-corrected chi connectivity index (χ4v) is 2.80. The summed E-state index contributed by atoms with van der Waals surface area (Å²) < 4.78 is 5.46. The molecule has 2 heteroatoms. The predicted molar refractivity (Wildman–Crippen MR) is 64.4 cm³/mol. The number of hydrogen-bond donors (Lipinski definition) is 1. The standard InChI is InChI=1S/C14H19NO/c15-7-6-14(4-5-14)13-2-1-12-10-16-8-3-11(12)9-13/h1-2,9H,3-8,10,15H2. The molecular weight excluding hydrogens is 198 g/mol. The van der Waals surface area contributed by atoms with Crippen molar-refractivity contribution in [1.29, 1.82) is 0 Å². The summed E-state index contributed by atoms with van der Waals surface area (Å²) in [6.07, 6.45) is 4.85. The second kappa shape index (κ2) is 3.86. The van der Waals surface area contributed by atoms with Gasteiger partial charge in [-0.05, 0) is 54.3 Å². The van der Waals surface area contributed by atoms with E-state index in [0.29, 0.717) is 5.41 Å². The van der Waals surface area contributed by atoms with Crippen molar-refractivity contribution in [1.82, 2.24) is 0 Å². The summed E-state index contributed by atoms with van der Waals surface area (Å²) in [4.78, 5) is 0. The number of rotatable bonds is 3. The molecule has 1 fully saturated rings. The number of nitrogens with two attached hydrogens (primary N) is 1. The lowest BCUT2D eigenvalue weighted by Gasteiger charge is -2.21. The minimum atomic E-state index is 0.433. The van der Waals surface area contributed by atoms with Crippen LogP contribution in [-0.2, 0) is 23.2 Å². The zero-order chi connectivity index (χ0) is 11.0. The molecular formula is C14H19NO. The lowest BCUT2D eigenvalue weighted by atomic mass is 9.89. The van der Waals surface area contributed by atoms with E-state index in [-0.39, 0.29) is 0 Å². The zero-order valence-corrected chi connectivity index (χ0v) is 9.67. The van der Waals surface area contributed by atoms with E-state index in [1.165, 1.54) is 29.5 Å².